The normalized spacial score (nSPS) is 10.1. The van der Waals surface area contributed by atoms with Gasteiger partial charge in [0.05, 0.1) is 13.5 Å². The summed E-state index contributed by atoms with van der Waals surface area (Å²) >= 11 is 6.58. The maximum absolute atomic E-state index is 11.7. The highest BCUT2D eigenvalue weighted by Crippen LogP contribution is 2.20. The zero-order valence-corrected chi connectivity index (χ0v) is 12.5. The largest absolute Gasteiger partial charge is 0.469 e. The van der Waals surface area contributed by atoms with E-state index in [1.54, 1.807) is 18.2 Å². The molecule has 0 atom stereocenters. The molecule has 0 N–H and O–H groups in total. The maximum Gasteiger partial charge on any atom is 0.310 e. The van der Waals surface area contributed by atoms with Crippen LogP contribution in [0.25, 0.3) is 0 Å². The third kappa shape index (κ3) is 4.24. The Balaban J connectivity index is 2.93. The first-order valence-corrected chi connectivity index (χ1v) is 6.94. The fraction of sp³-hybridized carbons (Fsp3) is 0.333. The minimum absolute atomic E-state index is 0.0560. The number of benzene rings is 1. The Bertz CT molecular complexity index is 430. The van der Waals surface area contributed by atoms with Gasteiger partial charge in [-0.1, -0.05) is 37.9 Å². The number of halogens is 2. The molecular weight excluding hydrogens is 352 g/mol. The van der Waals surface area contributed by atoms with Gasteiger partial charge in [-0.25, -0.2) is 0 Å². The Morgan fingerprint density at radius 2 is 2.06 bits per heavy atom. The number of hydrogen-bond acceptors (Lipinski definition) is 3. The second-order valence-electron chi connectivity index (χ2n) is 3.42. The van der Waals surface area contributed by atoms with E-state index in [9.17, 15) is 9.59 Å². The molecule has 0 radical (unpaired) electrons. The molecule has 17 heavy (non-hydrogen) atoms. The predicted molar refractivity (Wildman–Crippen MR) is 72.6 cm³/mol. The van der Waals surface area contributed by atoms with Gasteiger partial charge < -0.3 is 4.74 Å². The lowest BCUT2D eigenvalue weighted by atomic mass is 10.0. The summed E-state index contributed by atoms with van der Waals surface area (Å²) in [6.07, 6.45) is 0.603. The predicted octanol–water partition coefficient (Wildman–Crippen LogP) is 3.13. The molecule has 0 unspecified atom stereocenters. The van der Waals surface area contributed by atoms with Gasteiger partial charge in [0.25, 0.3) is 0 Å². The van der Waals surface area contributed by atoms with Crippen molar-refractivity contribution in [3.8, 4) is 0 Å². The Hall–Kier alpha value is -0.680. The van der Waals surface area contributed by atoms with Gasteiger partial charge in [0.15, 0.2) is 5.78 Å². The summed E-state index contributed by atoms with van der Waals surface area (Å²) in [5, 5.41) is 0.633. The summed E-state index contributed by atoms with van der Waals surface area (Å²) < 4.78 is 5.41. The molecule has 0 fully saturated rings. The van der Waals surface area contributed by atoms with Crippen LogP contribution in [-0.4, -0.2) is 24.2 Å². The number of Topliss-reactive ketones (excluding diaryl/α,β-unsaturated/α-hetero) is 1. The van der Waals surface area contributed by atoms with Crippen molar-refractivity contribution in [3.05, 3.63) is 33.8 Å². The molecule has 5 heteroatoms. The lowest BCUT2D eigenvalue weighted by Gasteiger charge is -2.06. The smallest absolute Gasteiger partial charge is 0.310 e. The van der Waals surface area contributed by atoms with Crippen molar-refractivity contribution >= 4 is 43.6 Å². The van der Waals surface area contributed by atoms with Crippen LogP contribution in [0.5, 0.6) is 0 Å². The van der Waals surface area contributed by atoms with Crippen molar-refractivity contribution in [2.24, 2.45) is 0 Å². The van der Waals surface area contributed by atoms with E-state index < -0.39 is 0 Å². The second kappa shape index (κ2) is 6.91. The van der Waals surface area contributed by atoms with Crippen molar-refractivity contribution in [3.63, 3.8) is 0 Å². The quantitative estimate of drug-likeness (QED) is 0.458. The zero-order valence-electron chi connectivity index (χ0n) is 9.33. The number of alkyl halides is 1. The van der Waals surface area contributed by atoms with Gasteiger partial charge in [0.1, 0.15) is 0 Å². The third-order valence-corrected chi connectivity index (χ3v) is 3.42. The number of carbonyl (C=O) groups is 2. The molecule has 1 rings (SSSR count). The molecule has 0 spiro atoms. The van der Waals surface area contributed by atoms with Gasteiger partial charge in [-0.2, -0.15) is 0 Å². The number of rotatable bonds is 5. The molecule has 0 aliphatic rings. The average Bonchev–Trinajstić information content (AvgIpc) is 2.32. The maximum atomic E-state index is 11.7. The topological polar surface area (TPSA) is 43.4 Å². The first-order chi connectivity index (χ1) is 8.08. The number of ether oxygens (including phenoxy) is 1. The Labute approximate surface area is 117 Å². The first-order valence-electron chi connectivity index (χ1n) is 5.03. The van der Waals surface area contributed by atoms with Crippen LogP contribution in [0.1, 0.15) is 22.3 Å². The van der Waals surface area contributed by atoms with Gasteiger partial charge in [0, 0.05) is 21.8 Å². The SMILES string of the molecule is COC(=O)Cc1cc(C(=O)CCBr)ccc1Br. The number of ketones is 1. The molecule has 0 aliphatic carbocycles. The van der Waals surface area contributed by atoms with E-state index in [1.165, 1.54) is 7.11 Å². The summed E-state index contributed by atoms with van der Waals surface area (Å²) in [4.78, 5) is 22.9. The molecule has 0 bridgehead atoms. The zero-order chi connectivity index (χ0) is 12.8. The summed E-state index contributed by atoms with van der Waals surface area (Å²) in [7, 11) is 1.34. The minimum Gasteiger partial charge on any atom is -0.469 e. The number of hydrogen-bond donors (Lipinski definition) is 0. The fourth-order valence-corrected chi connectivity index (χ4v) is 2.09. The van der Waals surface area contributed by atoms with E-state index >= 15 is 0 Å². The van der Waals surface area contributed by atoms with Gasteiger partial charge in [-0.3, -0.25) is 9.59 Å². The average molecular weight is 364 g/mol. The molecule has 0 aromatic heterocycles. The van der Waals surface area contributed by atoms with E-state index in [1.807, 2.05) is 0 Å². The van der Waals surface area contributed by atoms with Crippen molar-refractivity contribution in [2.75, 3.05) is 12.4 Å². The first kappa shape index (κ1) is 14.4. The van der Waals surface area contributed by atoms with E-state index in [-0.39, 0.29) is 18.2 Å². The number of carbonyl (C=O) groups excluding carboxylic acids is 2. The minimum atomic E-state index is -0.323. The number of esters is 1. The Morgan fingerprint density at radius 1 is 1.35 bits per heavy atom. The van der Waals surface area contributed by atoms with Crippen molar-refractivity contribution < 1.29 is 14.3 Å². The summed E-state index contributed by atoms with van der Waals surface area (Å²) in [5.74, 6) is -0.267. The summed E-state index contributed by atoms with van der Waals surface area (Å²) in [6.45, 7) is 0. The van der Waals surface area contributed by atoms with Crippen molar-refractivity contribution in [1.29, 1.82) is 0 Å². The molecule has 1 aromatic carbocycles. The fourth-order valence-electron chi connectivity index (χ4n) is 1.34. The van der Waals surface area contributed by atoms with Crippen LogP contribution in [0.2, 0.25) is 0 Å². The summed E-state index contributed by atoms with van der Waals surface area (Å²) in [6, 6.07) is 5.25. The second-order valence-corrected chi connectivity index (χ2v) is 5.07. The lowest BCUT2D eigenvalue weighted by Crippen LogP contribution is -2.07. The van der Waals surface area contributed by atoms with Crippen LogP contribution in [-0.2, 0) is 16.0 Å². The molecular formula is C12H12Br2O3. The van der Waals surface area contributed by atoms with Crippen LogP contribution in [0.3, 0.4) is 0 Å². The van der Waals surface area contributed by atoms with E-state index in [2.05, 4.69) is 36.6 Å². The van der Waals surface area contributed by atoms with Gasteiger partial charge in [0.2, 0.25) is 0 Å². The van der Waals surface area contributed by atoms with Crippen molar-refractivity contribution in [1.82, 2.24) is 0 Å². The van der Waals surface area contributed by atoms with Gasteiger partial charge in [-0.15, -0.1) is 0 Å². The van der Waals surface area contributed by atoms with Crippen LogP contribution < -0.4 is 0 Å². The molecule has 0 aliphatic heterocycles. The van der Waals surface area contributed by atoms with E-state index in [0.717, 1.165) is 10.0 Å². The molecule has 0 heterocycles. The molecule has 0 amide bonds. The van der Waals surface area contributed by atoms with Gasteiger partial charge in [-0.05, 0) is 17.7 Å². The van der Waals surface area contributed by atoms with Crippen LogP contribution >= 0.6 is 31.9 Å². The van der Waals surface area contributed by atoms with Crippen LogP contribution in [0, 0.1) is 0 Å². The highest BCUT2D eigenvalue weighted by atomic mass is 79.9. The van der Waals surface area contributed by atoms with E-state index in [0.29, 0.717) is 17.3 Å². The lowest BCUT2D eigenvalue weighted by molar-refractivity contribution is -0.139. The van der Waals surface area contributed by atoms with Gasteiger partial charge >= 0.3 is 5.97 Å². The Kier molecular flexibility index (Phi) is 5.85. The monoisotopic (exact) mass is 362 g/mol. The molecule has 0 saturated carbocycles. The molecule has 92 valence electrons. The highest BCUT2D eigenvalue weighted by molar-refractivity contribution is 9.10. The number of methoxy groups -OCH3 is 1. The van der Waals surface area contributed by atoms with E-state index in [4.69, 9.17) is 0 Å². The molecule has 0 saturated heterocycles. The Morgan fingerprint density at radius 3 is 2.65 bits per heavy atom. The summed E-state index contributed by atoms with van der Waals surface area (Å²) in [5.41, 5.74) is 1.38. The molecule has 3 nitrogen and oxygen atoms in total. The molecule has 1 aromatic rings. The third-order valence-electron chi connectivity index (χ3n) is 2.25. The standard InChI is InChI=1S/C12H12Br2O3/c1-17-12(16)7-9-6-8(2-3-10(9)14)11(15)4-5-13/h2-3,6H,4-5,7H2,1H3. The highest BCUT2D eigenvalue weighted by Gasteiger charge is 2.11. The van der Waals surface area contributed by atoms with Crippen molar-refractivity contribution in [2.45, 2.75) is 12.8 Å². The van der Waals surface area contributed by atoms with Crippen LogP contribution in [0.4, 0.5) is 0 Å². The van der Waals surface area contributed by atoms with Crippen LogP contribution in [0.15, 0.2) is 22.7 Å².